The van der Waals surface area contributed by atoms with Crippen LogP contribution in [-0.4, -0.2) is 64.9 Å². The predicted molar refractivity (Wildman–Crippen MR) is 110 cm³/mol. The van der Waals surface area contributed by atoms with Crippen LogP contribution in [0.5, 0.6) is 0 Å². The van der Waals surface area contributed by atoms with Gasteiger partial charge in [-0.25, -0.2) is 4.98 Å². The summed E-state index contributed by atoms with van der Waals surface area (Å²) >= 11 is 0. The molecule has 1 saturated carbocycles. The summed E-state index contributed by atoms with van der Waals surface area (Å²) in [7, 11) is 0. The van der Waals surface area contributed by atoms with E-state index in [0.29, 0.717) is 12.1 Å². The van der Waals surface area contributed by atoms with Crippen molar-refractivity contribution in [2.75, 3.05) is 44.3 Å². The van der Waals surface area contributed by atoms with E-state index in [9.17, 15) is 0 Å². The number of imidazole rings is 1. The van der Waals surface area contributed by atoms with Crippen molar-refractivity contribution in [3.8, 4) is 11.3 Å². The van der Waals surface area contributed by atoms with Crippen molar-refractivity contribution in [2.24, 2.45) is 0 Å². The molecule has 0 radical (unpaired) electrons. The van der Waals surface area contributed by atoms with E-state index in [0.717, 1.165) is 61.7 Å². The van der Waals surface area contributed by atoms with E-state index < -0.39 is 0 Å². The topological polar surface area (TPSA) is 46.4 Å². The van der Waals surface area contributed by atoms with E-state index in [1.54, 1.807) is 0 Å². The molecule has 4 heterocycles. The maximum Gasteiger partial charge on any atom is 0.0961 e. The van der Waals surface area contributed by atoms with Gasteiger partial charge in [0.25, 0.3) is 0 Å². The van der Waals surface area contributed by atoms with Gasteiger partial charge in [0.1, 0.15) is 0 Å². The number of hydrogen-bond donors (Lipinski definition) is 0. The standard InChI is InChI=1S/C22H25N5O/c1-3-17(26-13-19(14-26)25-7-9-28-10-8-25)4-2-16(1)20-11-21-22(12-23-20)27(15-24-21)18-5-6-18/h1-4,11-12,15,18-19H,5-10,13-14H2. The Morgan fingerprint density at radius 2 is 1.71 bits per heavy atom. The van der Waals surface area contributed by atoms with Gasteiger partial charge in [-0.1, -0.05) is 12.1 Å². The molecule has 0 bridgehead atoms. The number of fused-ring (bicyclic) bond motifs is 1. The molecule has 6 nitrogen and oxygen atoms in total. The number of nitrogens with zero attached hydrogens (tertiary/aromatic N) is 5. The summed E-state index contributed by atoms with van der Waals surface area (Å²) in [6.07, 6.45) is 6.47. The van der Waals surface area contributed by atoms with E-state index in [1.165, 1.54) is 18.5 Å². The van der Waals surface area contributed by atoms with Crippen LogP contribution >= 0.6 is 0 Å². The first-order valence-electron chi connectivity index (χ1n) is 10.3. The summed E-state index contributed by atoms with van der Waals surface area (Å²) in [6.45, 7) is 6.12. The molecule has 2 saturated heterocycles. The second-order valence-electron chi connectivity index (χ2n) is 8.20. The van der Waals surface area contributed by atoms with Gasteiger partial charge in [0.2, 0.25) is 0 Å². The lowest BCUT2D eigenvalue weighted by molar-refractivity contribution is 0.0105. The Hall–Kier alpha value is -2.44. The minimum absolute atomic E-state index is 0.634. The maximum absolute atomic E-state index is 5.46. The Bertz CT molecular complexity index is 982. The van der Waals surface area contributed by atoms with Gasteiger partial charge < -0.3 is 14.2 Å². The molecule has 144 valence electrons. The van der Waals surface area contributed by atoms with Gasteiger partial charge in [-0.2, -0.15) is 0 Å². The molecule has 1 aliphatic carbocycles. The van der Waals surface area contributed by atoms with Crippen molar-refractivity contribution in [1.29, 1.82) is 0 Å². The Labute approximate surface area is 164 Å². The number of pyridine rings is 1. The largest absolute Gasteiger partial charge is 0.379 e. The SMILES string of the molecule is c1cc(N2CC(N3CCOCC3)C2)ccc1-c1cc2ncn(C3CC3)c2cn1. The molecule has 28 heavy (non-hydrogen) atoms. The summed E-state index contributed by atoms with van der Waals surface area (Å²) in [5.41, 5.74) is 5.63. The average Bonchev–Trinajstić information content (AvgIpc) is 3.47. The van der Waals surface area contributed by atoms with Crippen LogP contribution in [0.15, 0.2) is 42.9 Å². The monoisotopic (exact) mass is 375 g/mol. The van der Waals surface area contributed by atoms with Crippen molar-refractivity contribution in [3.63, 3.8) is 0 Å². The lowest BCUT2D eigenvalue weighted by Gasteiger charge is -2.47. The van der Waals surface area contributed by atoms with Crippen LogP contribution in [0.1, 0.15) is 18.9 Å². The smallest absolute Gasteiger partial charge is 0.0961 e. The van der Waals surface area contributed by atoms with Gasteiger partial charge in [0, 0.05) is 49.5 Å². The number of aromatic nitrogens is 3. The Kier molecular flexibility index (Phi) is 3.87. The lowest BCUT2D eigenvalue weighted by atomic mass is 10.0. The number of rotatable bonds is 4. The molecule has 3 aliphatic rings. The Balaban J connectivity index is 1.16. The maximum atomic E-state index is 5.46. The van der Waals surface area contributed by atoms with Crippen LogP contribution in [0, 0.1) is 0 Å². The molecular formula is C22H25N5O. The second-order valence-corrected chi connectivity index (χ2v) is 8.20. The first-order chi connectivity index (χ1) is 13.8. The molecule has 3 fully saturated rings. The Morgan fingerprint density at radius 1 is 0.929 bits per heavy atom. The zero-order valence-corrected chi connectivity index (χ0v) is 16.0. The van der Waals surface area contributed by atoms with Crippen LogP contribution in [-0.2, 0) is 4.74 Å². The summed E-state index contributed by atoms with van der Waals surface area (Å²) in [5.74, 6) is 0. The van der Waals surface area contributed by atoms with Crippen LogP contribution in [0.4, 0.5) is 5.69 Å². The molecule has 6 heteroatoms. The average molecular weight is 375 g/mol. The van der Waals surface area contributed by atoms with Gasteiger partial charge >= 0.3 is 0 Å². The molecule has 1 aromatic carbocycles. The first-order valence-corrected chi connectivity index (χ1v) is 10.3. The third kappa shape index (κ3) is 2.88. The van der Waals surface area contributed by atoms with Gasteiger partial charge in [0.05, 0.1) is 42.5 Å². The van der Waals surface area contributed by atoms with Gasteiger partial charge in [-0.05, 0) is 31.0 Å². The van der Waals surface area contributed by atoms with Crippen molar-refractivity contribution in [2.45, 2.75) is 24.9 Å². The van der Waals surface area contributed by atoms with E-state index in [2.05, 4.69) is 49.7 Å². The molecule has 0 atom stereocenters. The summed E-state index contributed by atoms with van der Waals surface area (Å²) in [4.78, 5) is 14.3. The number of morpholine rings is 1. The minimum Gasteiger partial charge on any atom is -0.379 e. The van der Waals surface area contributed by atoms with Gasteiger partial charge in [-0.3, -0.25) is 9.88 Å². The third-order valence-electron chi connectivity index (χ3n) is 6.35. The fourth-order valence-electron chi connectivity index (χ4n) is 4.41. The first kappa shape index (κ1) is 16.5. The van der Waals surface area contributed by atoms with Crippen molar-refractivity contribution >= 4 is 16.7 Å². The molecule has 3 aromatic rings. The highest BCUT2D eigenvalue weighted by atomic mass is 16.5. The fraction of sp³-hybridized carbons (Fsp3) is 0.455. The number of ether oxygens (including phenoxy) is 1. The van der Waals surface area contributed by atoms with E-state index >= 15 is 0 Å². The molecule has 6 rings (SSSR count). The second kappa shape index (κ2) is 6.57. The highest BCUT2D eigenvalue weighted by Gasteiger charge is 2.32. The van der Waals surface area contributed by atoms with Crippen molar-refractivity contribution < 1.29 is 4.74 Å². The number of hydrogen-bond acceptors (Lipinski definition) is 5. The van der Waals surface area contributed by atoms with Gasteiger partial charge in [-0.15, -0.1) is 0 Å². The fourth-order valence-corrected chi connectivity index (χ4v) is 4.41. The zero-order valence-electron chi connectivity index (χ0n) is 16.0. The van der Waals surface area contributed by atoms with Crippen molar-refractivity contribution in [1.82, 2.24) is 19.4 Å². The molecule has 0 spiro atoms. The quantitative estimate of drug-likeness (QED) is 0.702. The Morgan fingerprint density at radius 3 is 2.46 bits per heavy atom. The van der Waals surface area contributed by atoms with Crippen LogP contribution < -0.4 is 4.90 Å². The third-order valence-corrected chi connectivity index (χ3v) is 6.35. The summed E-state index contributed by atoms with van der Waals surface area (Å²) in [5, 5.41) is 0. The number of benzene rings is 1. The van der Waals surface area contributed by atoms with Crippen LogP contribution in [0.25, 0.3) is 22.3 Å². The predicted octanol–water partition coefficient (Wildman–Crippen LogP) is 2.95. The van der Waals surface area contributed by atoms with Crippen molar-refractivity contribution in [3.05, 3.63) is 42.9 Å². The molecule has 2 aliphatic heterocycles. The minimum atomic E-state index is 0.634. The molecule has 2 aromatic heterocycles. The van der Waals surface area contributed by atoms with Crippen LogP contribution in [0.2, 0.25) is 0 Å². The summed E-state index contributed by atoms with van der Waals surface area (Å²) < 4.78 is 7.73. The number of anilines is 1. The molecule has 0 amide bonds. The zero-order chi connectivity index (χ0) is 18.5. The highest BCUT2D eigenvalue weighted by Crippen LogP contribution is 2.37. The molecule has 0 unspecified atom stereocenters. The van der Waals surface area contributed by atoms with Gasteiger partial charge in [0.15, 0.2) is 0 Å². The highest BCUT2D eigenvalue weighted by molar-refractivity contribution is 5.80. The van der Waals surface area contributed by atoms with E-state index in [4.69, 9.17) is 9.72 Å². The lowest BCUT2D eigenvalue weighted by Crippen LogP contribution is -2.61. The normalized spacial score (nSPS) is 21.2. The molecule has 0 N–H and O–H groups in total. The van der Waals surface area contributed by atoms with E-state index in [1.807, 2.05) is 12.5 Å². The van der Waals surface area contributed by atoms with E-state index in [-0.39, 0.29) is 0 Å². The molecular weight excluding hydrogens is 350 g/mol. The van der Waals surface area contributed by atoms with Crippen LogP contribution in [0.3, 0.4) is 0 Å². The summed E-state index contributed by atoms with van der Waals surface area (Å²) in [6, 6.07) is 12.2.